The molecular weight excluding hydrogens is 1500 g/mol. The predicted octanol–water partition coefficient (Wildman–Crippen LogP) is 8.77. The number of allylic oxidation sites excluding steroid dienone is 2. The molecule has 2 amide bonds. The Hall–Kier alpha value is -9.54. The Morgan fingerprint density at radius 3 is 1.65 bits per heavy atom. The Morgan fingerprint density at radius 1 is 0.692 bits per heavy atom. The number of hydrazine groups is 1. The summed E-state index contributed by atoms with van der Waals surface area (Å²) in [4.78, 5) is 63.0. The van der Waals surface area contributed by atoms with E-state index >= 15 is 17.6 Å². The van der Waals surface area contributed by atoms with Gasteiger partial charge in [-0.1, -0.05) is 29.3 Å². The molecule has 8 atom stereocenters. The van der Waals surface area contributed by atoms with Crippen molar-refractivity contribution >= 4 is 77.6 Å². The Balaban J connectivity index is 0.000000185. The van der Waals surface area contributed by atoms with Crippen LogP contribution in [0, 0.1) is 35.1 Å². The van der Waals surface area contributed by atoms with Gasteiger partial charge in [0.25, 0.3) is 33.0 Å². The molecule has 6 aliphatic rings. The molecule has 4 N–H and O–H groups in total. The standard InChI is InChI=1S/C31H26ClF7N8O4S.C31H24ClF7N8O4S/c2*1-45-25-20(4-3-18(32)24(25)28(43-45)44-52(2,50)51)47-22(49)5-6-40-29(47)19(9-13-7-14(33)10-15(34)8-13)41-21(48)12-46-27-23(26(42-46)31(37,38)39)16-11-17(16)30(27,35)36/h3-8,10,16-17,19-20,25H,9,11-12H2,1-2H3,(H,41,48)(H,43,44);3-8,10,16-17,19H,9,11-12H2,1-2H3,(H,41,48)(H,43,44)/t16-,17+,19+,20+,25?;16-,17+,19-/m00/s1. The van der Waals surface area contributed by atoms with Crippen molar-refractivity contribution in [2.75, 3.05) is 24.3 Å². The molecule has 0 bridgehead atoms. The summed E-state index contributed by atoms with van der Waals surface area (Å²) in [6, 6.07) is 4.83. The lowest BCUT2D eigenvalue weighted by atomic mass is 9.93. The summed E-state index contributed by atoms with van der Waals surface area (Å²) in [5.41, 5.74) is -4.86. The minimum Gasteiger partial charge on any atom is -0.344 e. The molecule has 104 heavy (non-hydrogen) atoms. The Bertz CT molecular complexity index is 5390. The summed E-state index contributed by atoms with van der Waals surface area (Å²) >= 11 is 12.9. The molecule has 8 aromatic rings. The second-order valence-corrected chi connectivity index (χ2v) is 29.7. The van der Waals surface area contributed by atoms with Crippen molar-refractivity contribution in [3.63, 3.8) is 0 Å². The maximum absolute atomic E-state index is 15.2. The van der Waals surface area contributed by atoms with Crippen molar-refractivity contribution in [1.82, 2.24) is 69.5 Å². The molecule has 24 nitrogen and oxygen atoms in total. The van der Waals surface area contributed by atoms with Gasteiger partial charge in [0.15, 0.2) is 23.0 Å². The predicted molar refractivity (Wildman–Crippen MR) is 340 cm³/mol. The number of carbonyl (C=O) groups is 2. The first kappa shape index (κ1) is 72.8. The molecule has 550 valence electrons. The molecule has 1 aliphatic heterocycles. The van der Waals surface area contributed by atoms with Crippen LogP contribution < -0.4 is 31.9 Å². The number of alkyl halides is 10. The molecule has 0 radical (unpaired) electrons. The first-order valence-corrected chi connectivity index (χ1v) is 35.3. The van der Waals surface area contributed by atoms with Crippen LogP contribution in [0.2, 0.25) is 5.02 Å². The van der Waals surface area contributed by atoms with E-state index in [2.05, 4.69) is 50.4 Å². The number of aromatic nitrogens is 10. The van der Waals surface area contributed by atoms with Gasteiger partial charge in [0.1, 0.15) is 59.4 Å². The number of benzene rings is 3. The number of amides is 2. The Morgan fingerprint density at radius 2 is 1.17 bits per heavy atom. The van der Waals surface area contributed by atoms with E-state index in [9.17, 15) is 79.9 Å². The number of fused-ring (bicyclic) bond motifs is 8. The van der Waals surface area contributed by atoms with Crippen molar-refractivity contribution in [2.24, 2.45) is 23.3 Å². The number of aryl methyl sites for hydroxylation is 1. The van der Waals surface area contributed by atoms with Crippen LogP contribution in [0.5, 0.6) is 0 Å². The van der Waals surface area contributed by atoms with Gasteiger partial charge >= 0.3 is 12.4 Å². The zero-order chi connectivity index (χ0) is 75.3. The molecule has 14 rings (SSSR count). The summed E-state index contributed by atoms with van der Waals surface area (Å²) in [6.07, 6.45) is -4.62. The molecule has 5 aromatic heterocycles. The quantitative estimate of drug-likeness (QED) is 0.0620. The highest BCUT2D eigenvalue weighted by molar-refractivity contribution is 7.92. The van der Waals surface area contributed by atoms with Crippen LogP contribution in [0.3, 0.4) is 0 Å². The van der Waals surface area contributed by atoms with E-state index < -0.39 is 198 Å². The highest BCUT2D eigenvalue weighted by atomic mass is 35.5. The number of amidine groups is 1. The van der Waals surface area contributed by atoms with E-state index in [1.807, 2.05) is 0 Å². The van der Waals surface area contributed by atoms with Gasteiger partial charge in [0.2, 0.25) is 21.8 Å². The summed E-state index contributed by atoms with van der Waals surface area (Å²) in [6.45, 7) is -2.23. The summed E-state index contributed by atoms with van der Waals surface area (Å²) in [5, 5.41) is 17.5. The minimum absolute atomic E-state index is 0.00676. The number of hydrogen-bond acceptors (Lipinski definition) is 14. The van der Waals surface area contributed by atoms with Gasteiger partial charge in [-0.25, -0.2) is 49.4 Å². The Kier molecular flexibility index (Phi) is 18.0. The van der Waals surface area contributed by atoms with Crippen LogP contribution in [0.4, 0.5) is 67.3 Å². The van der Waals surface area contributed by atoms with E-state index in [-0.39, 0.29) is 79.5 Å². The van der Waals surface area contributed by atoms with Crippen LogP contribution in [0.1, 0.15) is 99.5 Å². The van der Waals surface area contributed by atoms with Crippen molar-refractivity contribution in [2.45, 2.75) is 99.0 Å². The smallest absolute Gasteiger partial charge is 0.344 e. The average Bonchev–Trinajstić information content (AvgIpc) is 1.52. The molecule has 2 saturated carbocycles. The third-order valence-corrected chi connectivity index (χ3v) is 19.8. The van der Waals surface area contributed by atoms with Gasteiger partial charge in [-0.15, -0.1) is 4.40 Å². The molecule has 0 spiro atoms. The fraction of sp³-hybridized carbons (Fsp3) is 0.355. The highest BCUT2D eigenvalue weighted by Gasteiger charge is 2.70. The van der Waals surface area contributed by atoms with Crippen LogP contribution in [0.25, 0.3) is 16.6 Å². The van der Waals surface area contributed by atoms with E-state index in [0.29, 0.717) is 21.5 Å². The van der Waals surface area contributed by atoms with Crippen molar-refractivity contribution in [3.05, 3.63) is 201 Å². The SMILES string of the molecule is CN1NC(=NS(C)(=O)=O)C2=C(Cl)C=C[C@@H](n3c([C@@H](Cc4cc(F)cc(F)c4)NC(=O)Cn4nc(C(F)(F)F)c5c4C(F)(F)[C@@H]4C[C@H]54)nccc3=O)C21.Cn1nc(NS(C)(=O)=O)c2c(Cl)ccc(-n3c([C@H](Cc4cc(F)cc(F)c4)NC(=O)Cn4nc(C(F)(F)F)c5c4C(F)(F)[C@@H]4C[C@H]54)nccc3=O)c21. The molecule has 1 unspecified atom stereocenters. The number of nitrogens with zero attached hydrogens (tertiary/aromatic N) is 12. The van der Waals surface area contributed by atoms with E-state index in [4.69, 9.17) is 23.2 Å². The highest BCUT2D eigenvalue weighted by Crippen LogP contribution is 2.70. The monoisotopic (exact) mass is 1550 g/mol. The van der Waals surface area contributed by atoms with Crippen LogP contribution >= 0.6 is 23.2 Å². The molecule has 3 fully saturated rings. The molecule has 6 heterocycles. The minimum atomic E-state index is -5.08. The van der Waals surface area contributed by atoms with Gasteiger partial charge in [0.05, 0.1) is 58.3 Å². The average molecular weight is 1550 g/mol. The van der Waals surface area contributed by atoms with E-state index in [1.165, 1.54) is 48.1 Å². The number of halogens is 16. The molecular formula is C62H50Cl2F14N16O8S2. The van der Waals surface area contributed by atoms with Gasteiger partial charge in [-0.2, -0.15) is 59.2 Å². The van der Waals surface area contributed by atoms with Crippen LogP contribution in [-0.2, 0) is 86.8 Å². The third kappa shape index (κ3) is 13.6. The number of hydrogen-bond donors (Lipinski definition) is 4. The first-order valence-electron chi connectivity index (χ1n) is 30.8. The number of likely N-dealkylation sites (N-methyl/N-ethyl adjacent to an activating group) is 1. The Labute approximate surface area is 586 Å². The number of anilines is 1. The molecule has 1 saturated heterocycles. The number of nitrogens with one attached hydrogen (secondary N) is 4. The summed E-state index contributed by atoms with van der Waals surface area (Å²) in [5.74, 6) is -19.2. The van der Waals surface area contributed by atoms with Gasteiger partial charge in [-0.3, -0.25) is 47.1 Å². The first-order chi connectivity index (χ1) is 48.5. The second kappa shape index (κ2) is 25.7. The lowest BCUT2D eigenvalue weighted by Gasteiger charge is -2.33. The van der Waals surface area contributed by atoms with Crippen molar-refractivity contribution in [1.29, 1.82) is 0 Å². The van der Waals surface area contributed by atoms with Gasteiger partial charge in [-0.05, 0) is 78.3 Å². The fourth-order valence-electron chi connectivity index (χ4n) is 14.1. The van der Waals surface area contributed by atoms with E-state index in [1.54, 1.807) is 0 Å². The topological polar surface area (TPSA) is 289 Å². The maximum atomic E-state index is 15.2. The lowest BCUT2D eigenvalue weighted by molar-refractivity contribution is -0.143. The normalized spacial score (nSPS) is 21.5. The zero-order valence-corrected chi connectivity index (χ0v) is 56.6. The van der Waals surface area contributed by atoms with Crippen LogP contribution in [0.15, 0.2) is 110 Å². The zero-order valence-electron chi connectivity index (χ0n) is 53.4. The van der Waals surface area contributed by atoms with Gasteiger partial charge in [0, 0.05) is 97.2 Å². The molecule has 3 aromatic carbocycles. The largest absolute Gasteiger partial charge is 0.435 e. The lowest BCUT2D eigenvalue weighted by Crippen LogP contribution is -2.45. The molecule has 42 heteroatoms. The summed E-state index contributed by atoms with van der Waals surface area (Å²) in [7, 11) is -4.88. The number of sulfonamides is 2. The fourth-order valence-corrected chi connectivity index (χ4v) is 15.6. The summed E-state index contributed by atoms with van der Waals surface area (Å²) < 4.78 is 260. The van der Waals surface area contributed by atoms with Gasteiger partial charge < -0.3 is 16.1 Å². The molecule has 5 aliphatic carbocycles. The van der Waals surface area contributed by atoms with Crippen LogP contribution in [-0.4, -0.2) is 114 Å². The maximum Gasteiger partial charge on any atom is 0.435 e. The second-order valence-electron chi connectivity index (χ2n) is 25.5. The van der Waals surface area contributed by atoms with Crippen molar-refractivity contribution < 1.29 is 87.9 Å². The van der Waals surface area contributed by atoms with E-state index in [0.717, 1.165) is 70.4 Å². The third-order valence-electron chi connectivity index (χ3n) is 18.1. The number of carbonyl (C=O) groups excluding carboxylic acids is 2. The van der Waals surface area contributed by atoms with Crippen molar-refractivity contribution in [3.8, 4) is 5.69 Å². The number of rotatable bonds is 17.